The van der Waals surface area contributed by atoms with Crippen LogP contribution in [0.15, 0.2) is 30.5 Å². The number of benzene rings is 1. The van der Waals surface area contributed by atoms with Crippen molar-refractivity contribution < 1.29 is 8.42 Å². The third kappa shape index (κ3) is 3.10. The fourth-order valence-corrected chi connectivity index (χ4v) is 4.11. The van der Waals surface area contributed by atoms with Gasteiger partial charge in [0, 0.05) is 12.7 Å². The molecule has 1 aromatic heterocycles. The zero-order valence-corrected chi connectivity index (χ0v) is 13.2. The van der Waals surface area contributed by atoms with Crippen molar-refractivity contribution in [3.8, 4) is 0 Å². The number of hydrogen-bond acceptors (Lipinski definition) is 5. The van der Waals surface area contributed by atoms with E-state index < -0.39 is 10.0 Å². The number of rotatable bonds is 3. The predicted molar refractivity (Wildman–Crippen MR) is 84.4 cm³/mol. The van der Waals surface area contributed by atoms with E-state index in [1.54, 1.807) is 6.20 Å². The van der Waals surface area contributed by atoms with Crippen LogP contribution in [0, 0.1) is 6.92 Å². The van der Waals surface area contributed by atoms with Gasteiger partial charge in [-0.25, -0.2) is 18.4 Å². The summed E-state index contributed by atoms with van der Waals surface area (Å²) in [6.07, 6.45) is 2.30. The summed E-state index contributed by atoms with van der Waals surface area (Å²) in [7, 11) is -3.38. The van der Waals surface area contributed by atoms with Gasteiger partial charge < -0.3 is 5.73 Å². The lowest BCUT2D eigenvalue weighted by Gasteiger charge is -2.27. The summed E-state index contributed by atoms with van der Waals surface area (Å²) in [5, 5.41) is 0. The molecule has 116 valence electrons. The van der Waals surface area contributed by atoms with E-state index in [1.165, 1.54) is 4.31 Å². The van der Waals surface area contributed by atoms with Gasteiger partial charge in [-0.3, -0.25) is 0 Å². The third-order valence-corrected chi connectivity index (χ3v) is 5.55. The van der Waals surface area contributed by atoms with Gasteiger partial charge in [0.25, 0.3) is 0 Å². The Morgan fingerprint density at radius 3 is 2.95 bits per heavy atom. The van der Waals surface area contributed by atoms with E-state index in [0.717, 1.165) is 16.7 Å². The Bertz CT molecular complexity index is 805. The molecule has 0 aliphatic carbocycles. The molecule has 1 aliphatic rings. The van der Waals surface area contributed by atoms with Gasteiger partial charge in [-0.2, -0.15) is 4.31 Å². The average molecular weight is 318 g/mol. The summed E-state index contributed by atoms with van der Waals surface area (Å²) in [6.45, 7) is 2.66. The minimum atomic E-state index is -3.38. The van der Waals surface area contributed by atoms with Crippen molar-refractivity contribution in [3.63, 3.8) is 0 Å². The van der Waals surface area contributed by atoms with E-state index in [2.05, 4.69) is 9.97 Å². The maximum atomic E-state index is 12.6. The van der Waals surface area contributed by atoms with Gasteiger partial charge in [0.05, 0.1) is 18.0 Å². The van der Waals surface area contributed by atoms with E-state index in [4.69, 9.17) is 5.73 Å². The number of fused-ring (bicyclic) bond motifs is 1. The SMILES string of the molecule is Cc1cccc(CS(=O)(=O)N2CCc3cnc(N)nc3C2)c1. The van der Waals surface area contributed by atoms with Crippen LogP contribution in [0.2, 0.25) is 0 Å². The second-order valence-electron chi connectivity index (χ2n) is 5.53. The Hall–Kier alpha value is -1.99. The summed E-state index contributed by atoms with van der Waals surface area (Å²) < 4.78 is 26.7. The predicted octanol–water partition coefficient (Wildman–Crippen LogP) is 1.26. The standard InChI is InChI=1S/C15H18N4O2S/c1-11-3-2-4-12(7-11)10-22(20,21)19-6-5-13-8-17-15(16)18-14(13)9-19/h2-4,7-8H,5-6,9-10H2,1H3,(H2,16,17,18). The second-order valence-corrected chi connectivity index (χ2v) is 7.50. The van der Waals surface area contributed by atoms with Gasteiger partial charge in [-0.05, 0) is 24.5 Å². The Balaban J connectivity index is 1.82. The summed E-state index contributed by atoms with van der Waals surface area (Å²) in [5.74, 6) is 0.182. The maximum absolute atomic E-state index is 12.6. The lowest BCUT2D eigenvalue weighted by atomic mass is 10.1. The van der Waals surface area contributed by atoms with Crippen LogP contribution in [0.4, 0.5) is 5.95 Å². The van der Waals surface area contributed by atoms with Crippen LogP contribution in [0.3, 0.4) is 0 Å². The molecule has 0 bridgehead atoms. The van der Waals surface area contributed by atoms with Crippen molar-refractivity contribution in [3.05, 3.63) is 52.8 Å². The third-order valence-electron chi connectivity index (χ3n) is 3.75. The molecule has 1 aliphatic heterocycles. The molecule has 2 heterocycles. The average Bonchev–Trinajstić information content (AvgIpc) is 2.46. The zero-order chi connectivity index (χ0) is 15.7. The van der Waals surface area contributed by atoms with E-state index in [0.29, 0.717) is 18.7 Å². The van der Waals surface area contributed by atoms with Gasteiger partial charge in [-0.1, -0.05) is 29.8 Å². The highest BCUT2D eigenvalue weighted by atomic mass is 32.2. The fourth-order valence-electron chi connectivity index (χ4n) is 2.64. The monoisotopic (exact) mass is 318 g/mol. The molecule has 2 aromatic rings. The molecule has 0 unspecified atom stereocenters. The Labute approximate surface area is 130 Å². The minimum Gasteiger partial charge on any atom is -0.368 e. The molecule has 0 amide bonds. The lowest BCUT2D eigenvalue weighted by molar-refractivity contribution is 0.384. The molecule has 2 N–H and O–H groups in total. The fraction of sp³-hybridized carbons (Fsp3) is 0.333. The number of sulfonamides is 1. The summed E-state index contributed by atoms with van der Waals surface area (Å²) in [5.41, 5.74) is 9.11. The Morgan fingerprint density at radius 2 is 2.18 bits per heavy atom. The number of aromatic nitrogens is 2. The molecule has 0 fully saturated rings. The number of nitrogen functional groups attached to an aromatic ring is 1. The van der Waals surface area contributed by atoms with E-state index in [-0.39, 0.29) is 18.2 Å². The highest BCUT2D eigenvalue weighted by Gasteiger charge is 2.28. The molecule has 0 saturated carbocycles. The van der Waals surface area contributed by atoms with Crippen molar-refractivity contribution >= 4 is 16.0 Å². The molecule has 0 radical (unpaired) electrons. The Morgan fingerprint density at radius 1 is 1.36 bits per heavy atom. The van der Waals surface area contributed by atoms with Crippen LogP contribution in [0.1, 0.15) is 22.4 Å². The summed E-state index contributed by atoms with van der Waals surface area (Å²) in [4.78, 5) is 8.11. The highest BCUT2D eigenvalue weighted by Crippen LogP contribution is 2.21. The van der Waals surface area contributed by atoms with E-state index >= 15 is 0 Å². The number of nitrogens with zero attached hydrogens (tertiary/aromatic N) is 3. The molecular formula is C15H18N4O2S. The molecular weight excluding hydrogens is 300 g/mol. The second kappa shape index (κ2) is 5.66. The molecule has 3 rings (SSSR count). The lowest BCUT2D eigenvalue weighted by Crippen LogP contribution is -2.37. The summed E-state index contributed by atoms with van der Waals surface area (Å²) in [6, 6.07) is 7.56. The van der Waals surface area contributed by atoms with Crippen LogP contribution >= 0.6 is 0 Å². The molecule has 22 heavy (non-hydrogen) atoms. The van der Waals surface area contributed by atoms with Crippen LogP contribution in [-0.4, -0.2) is 29.2 Å². The largest absolute Gasteiger partial charge is 0.368 e. The van der Waals surface area contributed by atoms with Crippen molar-refractivity contribution in [2.24, 2.45) is 0 Å². The molecule has 0 saturated heterocycles. The van der Waals surface area contributed by atoms with Gasteiger partial charge in [0.1, 0.15) is 0 Å². The topological polar surface area (TPSA) is 89.2 Å². The first-order chi connectivity index (χ1) is 10.4. The molecule has 1 aromatic carbocycles. The molecule has 7 heteroatoms. The maximum Gasteiger partial charge on any atom is 0.220 e. The number of hydrogen-bond donors (Lipinski definition) is 1. The Kier molecular flexibility index (Phi) is 3.84. The van der Waals surface area contributed by atoms with Gasteiger partial charge in [-0.15, -0.1) is 0 Å². The van der Waals surface area contributed by atoms with Crippen LogP contribution < -0.4 is 5.73 Å². The van der Waals surface area contributed by atoms with Gasteiger partial charge in [0.2, 0.25) is 16.0 Å². The van der Waals surface area contributed by atoms with Crippen molar-refractivity contribution in [1.29, 1.82) is 0 Å². The van der Waals surface area contributed by atoms with Crippen LogP contribution in [-0.2, 0) is 28.7 Å². The van der Waals surface area contributed by atoms with Crippen molar-refractivity contribution in [2.75, 3.05) is 12.3 Å². The molecule has 6 nitrogen and oxygen atoms in total. The normalized spacial score (nSPS) is 15.5. The van der Waals surface area contributed by atoms with Gasteiger partial charge in [0.15, 0.2) is 0 Å². The molecule has 0 spiro atoms. The quantitative estimate of drug-likeness (QED) is 0.920. The zero-order valence-electron chi connectivity index (χ0n) is 12.4. The number of aryl methyl sites for hydroxylation is 1. The molecule has 0 atom stereocenters. The number of anilines is 1. The first-order valence-corrected chi connectivity index (χ1v) is 8.68. The van der Waals surface area contributed by atoms with Crippen molar-refractivity contribution in [1.82, 2.24) is 14.3 Å². The smallest absolute Gasteiger partial charge is 0.220 e. The first-order valence-electron chi connectivity index (χ1n) is 7.08. The summed E-state index contributed by atoms with van der Waals surface area (Å²) >= 11 is 0. The van der Waals surface area contributed by atoms with Crippen LogP contribution in [0.5, 0.6) is 0 Å². The van der Waals surface area contributed by atoms with E-state index in [1.807, 2.05) is 31.2 Å². The van der Waals surface area contributed by atoms with E-state index in [9.17, 15) is 8.42 Å². The van der Waals surface area contributed by atoms with Gasteiger partial charge >= 0.3 is 0 Å². The minimum absolute atomic E-state index is 0.00454. The number of nitrogens with two attached hydrogens (primary N) is 1. The van der Waals surface area contributed by atoms with Crippen LogP contribution in [0.25, 0.3) is 0 Å². The first kappa shape index (κ1) is 14.9. The highest BCUT2D eigenvalue weighted by molar-refractivity contribution is 7.88. The van der Waals surface area contributed by atoms with Crippen molar-refractivity contribution in [2.45, 2.75) is 25.6 Å².